The molecule has 0 aliphatic carbocycles. The minimum atomic E-state index is -0.791. The Morgan fingerprint density at radius 2 is 1.83 bits per heavy atom. The molecule has 0 atom stereocenters. The molecule has 0 aromatic carbocycles. The standard InChI is InChI=1S/C16H19NO7/c1-5-7-12(20)23-8-11(19)17-15-14(16(21)22-6-2)13(9(3)18)10(4)24-15/h5,7H,6,8H2,1-4H3,(H,17,19)/b7-5+. The van der Waals surface area contributed by atoms with Crippen LogP contribution in [0.25, 0.3) is 0 Å². The molecule has 1 N–H and O–H groups in total. The van der Waals surface area contributed by atoms with E-state index in [-0.39, 0.29) is 29.4 Å². The van der Waals surface area contributed by atoms with Crippen LogP contribution in [0.15, 0.2) is 16.6 Å². The Morgan fingerprint density at radius 1 is 1.17 bits per heavy atom. The highest BCUT2D eigenvalue weighted by molar-refractivity contribution is 6.10. The monoisotopic (exact) mass is 337 g/mol. The lowest BCUT2D eigenvalue weighted by atomic mass is 10.1. The molecule has 0 aliphatic heterocycles. The average molecular weight is 337 g/mol. The predicted octanol–water partition coefficient (Wildman–Crippen LogP) is 2.03. The maximum Gasteiger partial charge on any atom is 0.344 e. The minimum absolute atomic E-state index is 0.0367. The maximum atomic E-state index is 12.1. The number of anilines is 1. The van der Waals surface area contributed by atoms with Gasteiger partial charge in [-0.25, -0.2) is 9.59 Å². The summed E-state index contributed by atoms with van der Waals surface area (Å²) in [5, 5.41) is 2.30. The number of carbonyl (C=O) groups excluding carboxylic acids is 4. The van der Waals surface area contributed by atoms with E-state index in [0.29, 0.717) is 0 Å². The van der Waals surface area contributed by atoms with Crippen LogP contribution in [-0.4, -0.2) is 36.8 Å². The molecule has 8 heteroatoms. The maximum absolute atomic E-state index is 12.1. The molecule has 0 radical (unpaired) electrons. The summed E-state index contributed by atoms with van der Waals surface area (Å²) in [5.41, 5.74) is -0.121. The topological polar surface area (TPSA) is 112 Å². The highest BCUT2D eigenvalue weighted by atomic mass is 16.5. The first-order valence-electron chi connectivity index (χ1n) is 7.22. The molecule has 1 aromatic heterocycles. The van der Waals surface area contributed by atoms with Gasteiger partial charge in [0.05, 0.1) is 12.2 Å². The van der Waals surface area contributed by atoms with Crippen LogP contribution >= 0.6 is 0 Å². The predicted molar refractivity (Wildman–Crippen MR) is 83.8 cm³/mol. The first-order valence-corrected chi connectivity index (χ1v) is 7.22. The van der Waals surface area contributed by atoms with Gasteiger partial charge in [-0.3, -0.25) is 14.9 Å². The van der Waals surface area contributed by atoms with Crippen molar-refractivity contribution in [3.8, 4) is 0 Å². The Balaban J connectivity index is 3.00. The number of amides is 1. The zero-order chi connectivity index (χ0) is 18.3. The van der Waals surface area contributed by atoms with Crippen molar-refractivity contribution in [2.75, 3.05) is 18.5 Å². The Morgan fingerprint density at radius 3 is 2.38 bits per heavy atom. The summed E-state index contributed by atoms with van der Waals surface area (Å²) in [6.45, 7) is 5.51. The molecule has 8 nitrogen and oxygen atoms in total. The molecule has 1 rings (SSSR count). The van der Waals surface area contributed by atoms with Crippen LogP contribution in [-0.2, 0) is 19.1 Å². The zero-order valence-electron chi connectivity index (χ0n) is 13.9. The van der Waals surface area contributed by atoms with E-state index < -0.39 is 30.2 Å². The summed E-state index contributed by atoms with van der Waals surface area (Å²) in [4.78, 5) is 46.8. The largest absolute Gasteiger partial charge is 0.462 e. The smallest absolute Gasteiger partial charge is 0.344 e. The SMILES string of the molecule is C/C=C/C(=O)OCC(=O)Nc1oc(C)c(C(C)=O)c1C(=O)OCC. The molecule has 24 heavy (non-hydrogen) atoms. The van der Waals surface area contributed by atoms with Crippen molar-refractivity contribution in [3.63, 3.8) is 0 Å². The number of allylic oxidation sites excluding steroid dienone is 1. The van der Waals surface area contributed by atoms with Crippen LogP contribution in [0.1, 0.15) is 47.2 Å². The number of esters is 2. The highest BCUT2D eigenvalue weighted by Crippen LogP contribution is 2.28. The molecule has 0 aliphatic rings. The summed E-state index contributed by atoms with van der Waals surface area (Å²) in [6.07, 6.45) is 2.62. The van der Waals surface area contributed by atoms with Gasteiger partial charge >= 0.3 is 11.9 Å². The van der Waals surface area contributed by atoms with Crippen molar-refractivity contribution in [3.05, 3.63) is 29.0 Å². The van der Waals surface area contributed by atoms with Crippen LogP contribution in [0.3, 0.4) is 0 Å². The van der Waals surface area contributed by atoms with E-state index in [1.54, 1.807) is 13.8 Å². The second kappa shape index (κ2) is 8.66. The molecule has 1 heterocycles. The van der Waals surface area contributed by atoms with Gasteiger partial charge in [-0.1, -0.05) is 6.08 Å². The number of ether oxygens (including phenoxy) is 2. The van der Waals surface area contributed by atoms with Crippen LogP contribution in [0.2, 0.25) is 0 Å². The molecule has 0 unspecified atom stereocenters. The van der Waals surface area contributed by atoms with E-state index in [1.807, 2.05) is 0 Å². The van der Waals surface area contributed by atoms with Gasteiger partial charge in [0, 0.05) is 6.08 Å². The van der Waals surface area contributed by atoms with E-state index in [1.165, 1.54) is 19.9 Å². The van der Waals surface area contributed by atoms with Gasteiger partial charge in [0.1, 0.15) is 11.3 Å². The van der Waals surface area contributed by atoms with Gasteiger partial charge in [-0.15, -0.1) is 0 Å². The molecule has 1 aromatic rings. The van der Waals surface area contributed by atoms with Gasteiger partial charge in [0.25, 0.3) is 5.91 Å². The molecular weight excluding hydrogens is 318 g/mol. The van der Waals surface area contributed by atoms with E-state index >= 15 is 0 Å². The number of hydrogen-bond donors (Lipinski definition) is 1. The Labute approximate surface area is 138 Å². The third kappa shape index (κ3) is 4.80. The Bertz CT molecular complexity index is 685. The molecule has 0 bridgehead atoms. The van der Waals surface area contributed by atoms with Gasteiger partial charge in [0.2, 0.25) is 5.88 Å². The number of carbonyl (C=O) groups is 4. The third-order valence-electron chi connectivity index (χ3n) is 2.82. The molecule has 1 amide bonds. The van der Waals surface area contributed by atoms with Crippen molar-refractivity contribution in [1.82, 2.24) is 0 Å². The number of Topliss-reactive ketones (excluding diaryl/α,β-unsaturated/α-hetero) is 1. The average Bonchev–Trinajstić information content (AvgIpc) is 2.82. The fraction of sp³-hybridized carbons (Fsp3) is 0.375. The fourth-order valence-corrected chi connectivity index (χ4v) is 1.94. The lowest BCUT2D eigenvalue weighted by Crippen LogP contribution is -2.21. The number of rotatable bonds is 7. The van der Waals surface area contributed by atoms with Crippen LogP contribution < -0.4 is 5.32 Å². The van der Waals surface area contributed by atoms with E-state index in [4.69, 9.17) is 9.15 Å². The Kier molecular flexibility index (Phi) is 6.91. The van der Waals surface area contributed by atoms with Crippen LogP contribution in [0.5, 0.6) is 0 Å². The first kappa shape index (κ1) is 19.1. The summed E-state index contributed by atoms with van der Waals surface area (Å²) >= 11 is 0. The highest BCUT2D eigenvalue weighted by Gasteiger charge is 2.28. The lowest BCUT2D eigenvalue weighted by molar-refractivity contribution is -0.142. The fourth-order valence-electron chi connectivity index (χ4n) is 1.94. The lowest BCUT2D eigenvalue weighted by Gasteiger charge is -2.06. The minimum Gasteiger partial charge on any atom is -0.462 e. The van der Waals surface area contributed by atoms with Crippen molar-refractivity contribution in [2.24, 2.45) is 0 Å². The summed E-state index contributed by atoms with van der Waals surface area (Å²) in [5.74, 6) is -2.64. The summed E-state index contributed by atoms with van der Waals surface area (Å²) in [6, 6.07) is 0. The molecule has 0 fully saturated rings. The Hall–Kier alpha value is -2.90. The summed E-state index contributed by atoms with van der Waals surface area (Å²) in [7, 11) is 0. The van der Waals surface area contributed by atoms with Gasteiger partial charge < -0.3 is 13.9 Å². The molecule has 0 saturated heterocycles. The number of aryl methyl sites for hydroxylation is 1. The molecule has 0 spiro atoms. The number of furan rings is 1. The first-order chi connectivity index (χ1) is 11.3. The quantitative estimate of drug-likeness (QED) is 0.460. The second-order valence-corrected chi connectivity index (χ2v) is 4.67. The van der Waals surface area contributed by atoms with Crippen LogP contribution in [0.4, 0.5) is 5.88 Å². The number of hydrogen-bond acceptors (Lipinski definition) is 7. The van der Waals surface area contributed by atoms with Gasteiger partial charge in [-0.05, 0) is 27.7 Å². The van der Waals surface area contributed by atoms with E-state index in [9.17, 15) is 19.2 Å². The van der Waals surface area contributed by atoms with Crippen molar-refractivity contribution < 1.29 is 33.1 Å². The van der Waals surface area contributed by atoms with Gasteiger partial charge in [0.15, 0.2) is 12.4 Å². The zero-order valence-corrected chi connectivity index (χ0v) is 13.9. The molecule has 0 saturated carbocycles. The normalized spacial score (nSPS) is 10.5. The molecule has 130 valence electrons. The number of nitrogens with one attached hydrogen (secondary N) is 1. The molecular formula is C16H19NO7. The van der Waals surface area contributed by atoms with E-state index in [2.05, 4.69) is 10.1 Å². The van der Waals surface area contributed by atoms with Gasteiger partial charge in [-0.2, -0.15) is 0 Å². The van der Waals surface area contributed by atoms with Crippen LogP contribution in [0, 0.1) is 6.92 Å². The number of ketones is 1. The van der Waals surface area contributed by atoms with Crippen molar-refractivity contribution >= 4 is 29.5 Å². The van der Waals surface area contributed by atoms with Crippen molar-refractivity contribution in [1.29, 1.82) is 0 Å². The third-order valence-corrected chi connectivity index (χ3v) is 2.82. The summed E-state index contributed by atoms with van der Waals surface area (Å²) < 4.78 is 14.9. The second-order valence-electron chi connectivity index (χ2n) is 4.67. The van der Waals surface area contributed by atoms with Crippen molar-refractivity contribution in [2.45, 2.75) is 27.7 Å². The van der Waals surface area contributed by atoms with E-state index in [0.717, 1.165) is 6.08 Å².